The number of fused-ring (bicyclic) bond motifs is 1. The molecule has 0 aliphatic carbocycles. The van der Waals surface area contributed by atoms with Crippen molar-refractivity contribution in [2.45, 2.75) is 27.2 Å². The Morgan fingerprint density at radius 3 is 2.81 bits per heavy atom. The first-order chi connectivity index (χ1) is 12.7. The summed E-state index contributed by atoms with van der Waals surface area (Å²) in [4.78, 5) is 14.9. The molecule has 0 unspecified atom stereocenters. The first kappa shape index (κ1) is 16.6. The molecule has 5 nitrogen and oxygen atoms in total. The summed E-state index contributed by atoms with van der Waals surface area (Å²) in [7, 11) is 0. The van der Waals surface area contributed by atoms with E-state index in [2.05, 4.69) is 54.2 Å². The Hall–Kier alpha value is -2.86. The highest BCUT2D eigenvalue weighted by molar-refractivity contribution is 7.16. The third-order valence-electron chi connectivity index (χ3n) is 4.44. The smallest absolute Gasteiger partial charge is 0.144 e. The Balaban J connectivity index is 1.94. The lowest BCUT2D eigenvalue weighted by Crippen LogP contribution is -1.99. The third-order valence-corrected chi connectivity index (χ3v) is 5.18. The van der Waals surface area contributed by atoms with Crippen molar-refractivity contribution in [1.82, 2.24) is 25.1 Å². The molecule has 1 N–H and O–H groups in total. The quantitative estimate of drug-likeness (QED) is 0.543. The van der Waals surface area contributed by atoms with Gasteiger partial charge in [-0.15, -0.1) is 11.3 Å². The standard InChI is InChI=1S/C20H19N5S/c1-4-5-6-15-13(3)19(21-10-16(15)14-8-23-24-9-14)18-12(2)7-17-20(25-18)26-11-22-17/h5-11H,4H2,1-3H3,(H,23,24)/b6-5-. The van der Waals surface area contributed by atoms with Gasteiger partial charge in [-0.05, 0) is 43.0 Å². The molecular weight excluding hydrogens is 342 g/mol. The van der Waals surface area contributed by atoms with Crippen molar-refractivity contribution >= 4 is 27.8 Å². The van der Waals surface area contributed by atoms with E-state index in [1.807, 2.05) is 24.1 Å². The van der Waals surface area contributed by atoms with Gasteiger partial charge in [0, 0.05) is 23.5 Å². The Bertz CT molecular complexity index is 1090. The number of H-pyrrole nitrogens is 1. The predicted octanol–water partition coefficient (Wildman–Crippen LogP) is 5.18. The van der Waals surface area contributed by atoms with Crippen LogP contribution in [0.15, 0.2) is 36.2 Å². The second kappa shape index (κ2) is 6.80. The van der Waals surface area contributed by atoms with Gasteiger partial charge in [0.25, 0.3) is 0 Å². The molecule has 4 aromatic rings. The molecule has 0 amide bonds. The highest BCUT2D eigenvalue weighted by Gasteiger charge is 2.16. The largest absolute Gasteiger partial charge is 0.285 e. The number of aromatic nitrogens is 5. The second-order valence-corrected chi connectivity index (χ2v) is 7.02. The van der Waals surface area contributed by atoms with E-state index in [1.165, 1.54) is 0 Å². The molecule has 0 radical (unpaired) electrons. The van der Waals surface area contributed by atoms with Crippen LogP contribution >= 0.6 is 11.3 Å². The molecule has 0 saturated carbocycles. The van der Waals surface area contributed by atoms with Crippen molar-refractivity contribution in [3.05, 3.63) is 52.9 Å². The van der Waals surface area contributed by atoms with Crippen LogP contribution in [0.1, 0.15) is 30.0 Å². The highest BCUT2D eigenvalue weighted by Crippen LogP contribution is 2.33. The van der Waals surface area contributed by atoms with Crippen LogP contribution in [-0.2, 0) is 0 Å². The van der Waals surface area contributed by atoms with Crippen LogP contribution in [0.4, 0.5) is 0 Å². The monoisotopic (exact) mass is 361 g/mol. The molecular formula is C20H19N5S. The van der Waals surface area contributed by atoms with Crippen molar-refractivity contribution in [2.75, 3.05) is 0 Å². The molecule has 4 heterocycles. The van der Waals surface area contributed by atoms with Gasteiger partial charge in [0.05, 0.1) is 23.1 Å². The molecule has 0 atom stereocenters. The minimum atomic E-state index is 0.917. The summed E-state index contributed by atoms with van der Waals surface area (Å²) in [5.41, 5.74) is 10.1. The summed E-state index contributed by atoms with van der Waals surface area (Å²) in [5.74, 6) is 0. The van der Waals surface area contributed by atoms with E-state index in [4.69, 9.17) is 9.97 Å². The van der Waals surface area contributed by atoms with Crippen molar-refractivity contribution in [2.24, 2.45) is 0 Å². The number of hydrogen-bond donors (Lipinski definition) is 1. The van der Waals surface area contributed by atoms with Gasteiger partial charge in [-0.1, -0.05) is 19.1 Å². The maximum Gasteiger partial charge on any atom is 0.144 e. The normalized spacial score (nSPS) is 11.7. The van der Waals surface area contributed by atoms with Gasteiger partial charge in [-0.3, -0.25) is 10.1 Å². The van der Waals surface area contributed by atoms with Gasteiger partial charge in [-0.2, -0.15) is 5.10 Å². The van der Waals surface area contributed by atoms with Crippen LogP contribution in [0.25, 0.3) is 38.9 Å². The molecule has 0 aromatic carbocycles. The molecule has 0 fully saturated rings. The van der Waals surface area contributed by atoms with Gasteiger partial charge in [0.1, 0.15) is 10.3 Å². The van der Waals surface area contributed by atoms with E-state index in [-0.39, 0.29) is 0 Å². The maximum absolute atomic E-state index is 4.83. The van der Waals surface area contributed by atoms with E-state index < -0.39 is 0 Å². The fourth-order valence-electron chi connectivity index (χ4n) is 3.08. The van der Waals surface area contributed by atoms with Gasteiger partial charge in [0.2, 0.25) is 0 Å². The molecule has 0 spiro atoms. The van der Waals surface area contributed by atoms with Crippen LogP contribution < -0.4 is 0 Å². The summed E-state index contributed by atoms with van der Waals surface area (Å²) in [6.45, 7) is 6.31. The Labute approximate surface area is 155 Å². The first-order valence-electron chi connectivity index (χ1n) is 8.55. The van der Waals surface area contributed by atoms with Crippen LogP contribution in [0.3, 0.4) is 0 Å². The number of aromatic amines is 1. The van der Waals surface area contributed by atoms with Gasteiger partial charge in [0.15, 0.2) is 0 Å². The van der Waals surface area contributed by atoms with E-state index >= 15 is 0 Å². The lowest BCUT2D eigenvalue weighted by atomic mass is 9.96. The summed E-state index contributed by atoms with van der Waals surface area (Å²) >= 11 is 1.55. The van der Waals surface area contributed by atoms with Crippen LogP contribution in [-0.4, -0.2) is 25.1 Å². The fourth-order valence-corrected chi connectivity index (χ4v) is 3.72. The van der Waals surface area contributed by atoms with Crippen LogP contribution in [0.2, 0.25) is 0 Å². The number of hydrogen-bond acceptors (Lipinski definition) is 5. The molecule has 4 aromatic heterocycles. The lowest BCUT2D eigenvalue weighted by Gasteiger charge is -2.13. The van der Waals surface area contributed by atoms with E-state index in [9.17, 15) is 0 Å². The zero-order chi connectivity index (χ0) is 18.1. The fraction of sp³-hybridized carbons (Fsp3) is 0.200. The molecule has 26 heavy (non-hydrogen) atoms. The lowest BCUT2D eigenvalue weighted by molar-refractivity contribution is 1.09. The Kier molecular flexibility index (Phi) is 4.34. The average Bonchev–Trinajstić information content (AvgIpc) is 3.31. The molecule has 0 bridgehead atoms. The minimum Gasteiger partial charge on any atom is -0.285 e. The predicted molar refractivity (Wildman–Crippen MR) is 107 cm³/mol. The third kappa shape index (κ3) is 2.82. The molecule has 6 heteroatoms. The number of rotatable bonds is 4. The molecule has 0 saturated heterocycles. The minimum absolute atomic E-state index is 0.917. The molecule has 4 rings (SSSR count). The van der Waals surface area contributed by atoms with Crippen molar-refractivity contribution in [1.29, 1.82) is 0 Å². The maximum atomic E-state index is 4.83. The van der Waals surface area contributed by atoms with Crippen LogP contribution in [0.5, 0.6) is 0 Å². The number of nitrogens with one attached hydrogen (secondary N) is 1. The number of thiazole rings is 1. The summed E-state index contributed by atoms with van der Waals surface area (Å²) < 4.78 is 0. The number of allylic oxidation sites excluding steroid dienone is 1. The topological polar surface area (TPSA) is 67.3 Å². The van der Waals surface area contributed by atoms with Crippen molar-refractivity contribution in [3.63, 3.8) is 0 Å². The zero-order valence-corrected chi connectivity index (χ0v) is 15.8. The van der Waals surface area contributed by atoms with Gasteiger partial charge in [-0.25, -0.2) is 9.97 Å². The summed E-state index contributed by atoms with van der Waals surface area (Å²) in [5, 5.41) is 6.96. The summed E-state index contributed by atoms with van der Waals surface area (Å²) in [6.07, 6.45) is 11.0. The molecule has 130 valence electrons. The van der Waals surface area contributed by atoms with E-state index in [1.54, 1.807) is 11.3 Å². The SMILES string of the molecule is CC/C=C\c1c(-c2cn[nH]c2)cnc(-c2nc3scnc3cc2C)c1C. The Morgan fingerprint density at radius 2 is 2.04 bits per heavy atom. The number of pyridine rings is 2. The second-order valence-electron chi connectivity index (χ2n) is 6.19. The van der Waals surface area contributed by atoms with Crippen molar-refractivity contribution in [3.8, 4) is 22.5 Å². The van der Waals surface area contributed by atoms with Crippen LogP contribution in [0, 0.1) is 13.8 Å². The highest BCUT2D eigenvalue weighted by atomic mass is 32.1. The zero-order valence-electron chi connectivity index (χ0n) is 14.9. The average molecular weight is 361 g/mol. The van der Waals surface area contributed by atoms with Gasteiger partial charge >= 0.3 is 0 Å². The van der Waals surface area contributed by atoms with E-state index in [0.717, 1.165) is 56.0 Å². The summed E-state index contributed by atoms with van der Waals surface area (Å²) in [6, 6.07) is 2.08. The first-order valence-corrected chi connectivity index (χ1v) is 9.43. The number of aryl methyl sites for hydroxylation is 1. The van der Waals surface area contributed by atoms with Crippen molar-refractivity contribution < 1.29 is 0 Å². The number of nitrogens with zero attached hydrogens (tertiary/aromatic N) is 4. The van der Waals surface area contributed by atoms with E-state index in [0.29, 0.717) is 0 Å². The van der Waals surface area contributed by atoms with Gasteiger partial charge < -0.3 is 0 Å². The Morgan fingerprint density at radius 1 is 1.15 bits per heavy atom. The molecule has 0 aliphatic heterocycles. The molecule has 0 aliphatic rings.